The SMILES string of the molecule is CCCCCC(=O)NC(Cc1ccc(N)cc1)C(=O)NC(CCCC)C(=O)NC(CC(C)C)C(=O)[C@@]1(C)CO1. The summed E-state index contributed by atoms with van der Waals surface area (Å²) in [6.07, 6.45) is 5.71. The summed E-state index contributed by atoms with van der Waals surface area (Å²) in [6, 6.07) is 4.76. The first-order chi connectivity index (χ1) is 18.5. The minimum atomic E-state index is -0.860. The van der Waals surface area contributed by atoms with Crippen LogP contribution in [-0.2, 0) is 30.3 Å². The maximum Gasteiger partial charge on any atom is 0.243 e. The van der Waals surface area contributed by atoms with Gasteiger partial charge in [0.2, 0.25) is 17.7 Å². The molecule has 1 aliphatic rings. The Balaban J connectivity index is 2.18. The second-order valence-corrected chi connectivity index (χ2v) is 11.3. The number of epoxide rings is 1. The number of nitrogens with one attached hydrogen (secondary N) is 3. The number of nitrogens with two attached hydrogens (primary N) is 1. The third kappa shape index (κ3) is 11.0. The van der Waals surface area contributed by atoms with Crippen LogP contribution in [0.25, 0.3) is 0 Å². The Morgan fingerprint density at radius 3 is 2.05 bits per heavy atom. The molecule has 9 heteroatoms. The molecule has 0 radical (unpaired) electrons. The first-order valence-electron chi connectivity index (χ1n) is 14.4. The van der Waals surface area contributed by atoms with Gasteiger partial charge in [-0.3, -0.25) is 19.2 Å². The molecule has 218 valence electrons. The van der Waals surface area contributed by atoms with Gasteiger partial charge < -0.3 is 26.4 Å². The van der Waals surface area contributed by atoms with E-state index < -0.39 is 35.5 Å². The predicted octanol–water partition coefficient (Wildman–Crippen LogP) is 3.44. The number of amides is 3. The fourth-order valence-corrected chi connectivity index (χ4v) is 4.44. The van der Waals surface area contributed by atoms with Crippen molar-refractivity contribution in [2.45, 2.75) is 116 Å². The van der Waals surface area contributed by atoms with Crippen molar-refractivity contribution in [2.24, 2.45) is 5.92 Å². The number of benzene rings is 1. The van der Waals surface area contributed by atoms with Crippen LogP contribution in [0.4, 0.5) is 5.69 Å². The number of hydrogen-bond acceptors (Lipinski definition) is 6. The second-order valence-electron chi connectivity index (χ2n) is 11.3. The number of anilines is 1. The smallest absolute Gasteiger partial charge is 0.243 e. The Hall–Kier alpha value is -2.94. The molecule has 1 aromatic rings. The number of ketones is 1. The van der Waals surface area contributed by atoms with Crippen molar-refractivity contribution in [3.63, 3.8) is 0 Å². The molecule has 1 fully saturated rings. The van der Waals surface area contributed by atoms with E-state index in [1.165, 1.54) is 0 Å². The highest BCUT2D eigenvalue weighted by atomic mass is 16.6. The van der Waals surface area contributed by atoms with Gasteiger partial charge in [-0.1, -0.05) is 65.5 Å². The van der Waals surface area contributed by atoms with Crippen LogP contribution in [0, 0.1) is 5.92 Å². The number of unbranched alkanes of at least 4 members (excludes halogenated alkanes) is 3. The quantitative estimate of drug-likeness (QED) is 0.127. The first kappa shape index (κ1) is 32.3. The number of rotatable bonds is 18. The summed E-state index contributed by atoms with van der Waals surface area (Å²) in [5.74, 6) is -1.01. The Kier molecular flexibility index (Phi) is 12.9. The molecule has 5 N–H and O–H groups in total. The average molecular weight is 545 g/mol. The van der Waals surface area contributed by atoms with E-state index in [2.05, 4.69) is 22.9 Å². The van der Waals surface area contributed by atoms with Gasteiger partial charge in [0.1, 0.15) is 17.7 Å². The molecule has 0 aliphatic carbocycles. The minimum Gasteiger partial charge on any atom is -0.399 e. The van der Waals surface area contributed by atoms with Crippen LogP contribution in [-0.4, -0.2) is 53.8 Å². The van der Waals surface area contributed by atoms with Crippen LogP contribution in [0.3, 0.4) is 0 Å². The molecule has 4 atom stereocenters. The largest absolute Gasteiger partial charge is 0.399 e. The molecule has 1 saturated heterocycles. The monoisotopic (exact) mass is 544 g/mol. The lowest BCUT2D eigenvalue weighted by molar-refractivity contribution is -0.134. The minimum absolute atomic E-state index is 0.148. The van der Waals surface area contributed by atoms with Gasteiger partial charge in [0, 0.05) is 18.5 Å². The summed E-state index contributed by atoms with van der Waals surface area (Å²) in [4.78, 5) is 52.6. The maximum absolute atomic E-state index is 13.5. The first-order valence-corrected chi connectivity index (χ1v) is 14.4. The molecule has 9 nitrogen and oxygen atoms in total. The zero-order valence-corrected chi connectivity index (χ0v) is 24.3. The molecule has 3 unspecified atom stereocenters. The van der Waals surface area contributed by atoms with Crippen molar-refractivity contribution in [3.05, 3.63) is 29.8 Å². The van der Waals surface area contributed by atoms with E-state index >= 15 is 0 Å². The highest BCUT2D eigenvalue weighted by Gasteiger charge is 2.50. The van der Waals surface area contributed by atoms with Gasteiger partial charge in [-0.15, -0.1) is 0 Å². The summed E-state index contributed by atoms with van der Waals surface area (Å²) in [7, 11) is 0. The van der Waals surface area contributed by atoms with Gasteiger partial charge in [0.15, 0.2) is 5.78 Å². The summed E-state index contributed by atoms with van der Waals surface area (Å²) in [6.45, 7) is 10.1. The molecule has 0 aromatic heterocycles. The van der Waals surface area contributed by atoms with Crippen molar-refractivity contribution >= 4 is 29.2 Å². The van der Waals surface area contributed by atoms with Gasteiger partial charge >= 0.3 is 0 Å². The lowest BCUT2D eigenvalue weighted by Gasteiger charge is -2.26. The Morgan fingerprint density at radius 1 is 0.897 bits per heavy atom. The van der Waals surface area contributed by atoms with Crippen LogP contribution < -0.4 is 21.7 Å². The van der Waals surface area contributed by atoms with E-state index in [0.29, 0.717) is 38.0 Å². The van der Waals surface area contributed by atoms with E-state index in [-0.39, 0.29) is 24.0 Å². The third-order valence-electron chi connectivity index (χ3n) is 7.00. The van der Waals surface area contributed by atoms with Crippen LogP contribution >= 0.6 is 0 Å². The molecule has 1 aliphatic heterocycles. The highest BCUT2D eigenvalue weighted by molar-refractivity contribution is 5.98. The molecule has 1 aromatic carbocycles. The summed E-state index contributed by atoms with van der Waals surface area (Å²) < 4.78 is 5.34. The Bertz CT molecular complexity index is 959. The van der Waals surface area contributed by atoms with Gasteiger partial charge in [-0.25, -0.2) is 0 Å². The number of hydrogen-bond donors (Lipinski definition) is 4. The van der Waals surface area contributed by atoms with E-state index in [0.717, 1.165) is 31.2 Å². The third-order valence-corrected chi connectivity index (χ3v) is 7.00. The van der Waals surface area contributed by atoms with E-state index in [1.807, 2.05) is 32.9 Å². The molecular formula is C30H48N4O5. The molecule has 0 saturated carbocycles. The highest BCUT2D eigenvalue weighted by Crippen LogP contribution is 2.29. The zero-order valence-electron chi connectivity index (χ0n) is 24.3. The Morgan fingerprint density at radius 2 is 1.49 bits per heavy atom. The number of carbonyl (C=O) groups excluding carboxylic acids is 4. The predicted molar refractivity (Wildman–Crippen MR) is 153 cm³/mol. The average Bonchev–Trinajstić information content (AvgIpc) is 3.64. The Labute approximate surface area is 233 Å². The lowest BCUT2D eigenvalue weighted by Crippen LogP contribution is -2.57. The normalized spacial score (nSPS) is 18.6. The lowest BCUT2D eigenvalue weighted by atomic mass is 9.93. The topological polar surface area (TPSA) is 143 Å². The van der Waals surface area contributed by atoms with Crippen molar-refractivity contribution in [1.82, 2.24) is 16.0 Å². The molecular weight excluding hydrogens is 496 g/mol. The fraction of sp³-hybridized carbons (Fsp3) is 0.667. The van der Waals surface area contributed by atoms with Crippen LogP contribution in [0.15, 0.2) is 24.3 Å². The number of ether oxygens (including phenoxy) is 1. The summed E-state index contributed by atoms with van der Waals surface area (Å²) >= 11 is 0. The van der Waals surface area contributed by atoms with Gasteiger partial charge in [-0.05, 0) is 49.8 Å². The molecule has 2 rings (SSSR count). The van der Waals surface area contributed by atoms with Gasteiger partial charge in [0.25, 0.3) is 0 Å². The summed E-state index contributed by atoms with van der Waals surface area (Å²) in [5.41, 5.74) is 6.40. The van der Waals surface area contributed by atoms with Crippen molar-refractivity contribution in [3.8, 4) is 0 Å². The molecule has 39 heavy (non-hydrogen) atoms. The van der Waals surface area contributed by atoms with Crippen molar-refractivity contribution in [2.75, 3.05) is 12.3 Å². The molecule has 0 bridgehead atoms. The standard InChI is InChI=1S/C30H48N4O5/c1-6-8-10-12-26(35)32-25(18-21-13-15-22(31)16-14-21)29(38)33-23(11-9-7-2)28(37)34-24(17-20(3)4)27(36)30(5)19-39-30/h13-16,20,23-25H,6-12,17-19,31H2,1-5H3,(H,32,35)(H,33,38)(H,34,37)/t23?,24?,25?,30-/m1/s1. The van der Waals surface area contributed by atoms with Crippen LogP contribution in [0.5, 0.6) is 0 Å². The number of Topliss-reactive ketones (excluding diaryl/α,β-unsaturated/α-hetero) is 1. The maximum atomic E-state index is 13.5. The summed E-state index contributed by atoms with van der Waals surface area (Å²) in [5, 5.41) is 8.64. The fourth-order valence-electron chi connectivity index (χ4n) is 4.44. The molecule has 0 spiro atoms. The van der Waals surface area contributed by atoms with Gasteiger partial charge in [0.05, 0.1) is 12.6 Å². The van der Waals surface area contributed by atoms with Crippen molar-refractivity contribution in [1.29, 1.82) is 0 Å². The number of carbonyl (C=O) groups is 4. The van der Waals surface area contributed by atoms with Crippen molar-refractivity contribution < 1.29 is 23.9 Å². The van der Waals surface area contributed by atoms with Gasteiger partial charge in [-0.2, -0.15) is 0 Å². The zero-order chi connectivity index (χ0) is 29.0. The number of nitrogen functional groups attached to an aromatic ring is 1. The second kappa shape index (κ2) is 15.6. The van der Waals surface area contributed by atoms with E-state index in [9.17, 15) is 19.2 Å². The molecule has 1 heterocycles. The van der Waals surface area contributed by atoms with Crippen LogP contribution in [0.1, 0.15) is 91.5 Å². The van der Waals surface area contributed by atoms with Crippen LogP contribution in [0.2, 0.25) is 0 Å². The van der Waals surface area contributed by atoms with E-state index in [1.54, 1.807) is 19.1 Å². The molecule has 3 amide bonds. The van der Waals surface area contributed by atoms with E-state index in [4.69, 9.17) is 10.5 Å².